The quantitative estimate of drug-likeness (QED) is 0.457. The minimum absolute atomic E-state index is 0.148. The van der Waals surface area contributed by atoms with E-state index < -0.39 is 5.97 Å². The summed E-state index contributed by atoms with van der Waals surface area (Å²) in [5.74, 6) is 0.0675. The fourth-order valence-electron chi connectivity index (χ4n) is 3.62. The molecule has 1 aliphatic rings. The van der Waals surface area contributed by atoms with E-state index in [4.69, 9.17) is 28.3 Å². The topological polar surface area (TPSA) is 98.7 Å². The highest BCUT2D eigenvalue weighted by Crippen LogP contribution is 2.38. The Hall–Kier alpha value is -3.36. The summed E-state index contributed by atoms with van der Waals surface area (Å²) in [7, 11) is 1.64. The minimum Gasteiger partial charge on any atom is -0.481 e. The third-order valence-corrected chi connectivity index (χ3v) is 5.89. The van der Waals surface area contributed by atoms with Crippen molar-refractivity contribution in [2.45, 2.75) is 25.8 Å². The van der Waals surface area contributed by atoms with Crippen LogP contribution in [0, 0.1) is 0 Å². The summed E-state index contributed by atoms with van der Waals surface area (Å²) in [6.45, 7) is 0.243. The number of nitrogens with zero attached hydrogens (tertiary/aromatic N) is 4. The number of fused-ring (bicyclic) bond motifs is 1. The van der Waals surface area contributed by atoms with Gasteiger partial charge >= 0.3 is 12.0 Å². The molecule has 0 spiro atoms. The number of urea groups is 1. The first-order valence-corrected chi connectivity index (χ1v) is 11.0. The smallest absolute Gasteiger partial charge is 0.330 e. The van der Waals surface area contributed by atoms with Crippen molar-refractivity contribution in [2.24, 2.45) is 0 Å². The van der Waals surface area contributed by atoms with Gasteiger partial charge in [0.25, 0.3) is 0 Å². The predicted molar refractivity (Wildman–Crippen MR) is 129 cm³/mol. The summed E-state index contributed by atoms with van der Waals surface area (Å²) in [6, 6.07) is 12.4. The second kappa shape index (κ2) is 9.64. The van der Waals surface area contributed by atoms with Crippen LogP contribution >= 0.6 is 23.2 Å². The van der Waals surface area contributed by atoms with Crippen LogP contribution in [-0.4, -0.2) is 34.1 Å². The number of carbonyl (C=O) groups excluding carboxylic acids is 1. The fourth-order valence-corrected chi connectivity index (χ4v) is 4.22. The molecule has 1 aromatic heterocycles. The predicted octanol–water partition coefficient (Wildman–Crippen LogP) is 5.51. The third-order valence-electron chi connectivity index (χ3n) is 5.28. The summed E-state index contributed by atoms with van der Waals surface area (Å²) in [5, 5.41) is 12.7. The maximum absolute atomic E-state index is 13.0. The van der Waals surface area contributed by atoms with Gasteiger partial charge in [-0.3, -0.25) is 14.6 Å². The zero-order valence-electron chi connectivity index (χ0n) is 17.8. The summed E-state index contributed by atoms with van der Waals surface area (Å²) >= 11 is 12.6. The highest BCUT2D eigenvalue weighted by atomic mass is 35.5. The molecule has 0 atom stereocenters. The normalized spacial score (nSPS) is 13.1. The first-order chi connectivity index (χ1) is 15.8. The van der Waals surface area contributed by atoms with E-state index in [0.29, 0.717) is 40.3 Å². The number of carboxylic acid groups (broad SMARTS) is 1. The van der Waals surface area contributed by atoms with E-state index in [2.05, 4.69) is 15.3 Å². The lowest BCUT2D eigenvalue weighted by Crippen LogP contribution is -2.46. The van der Waals surface area contributed by atoms with Crippen molar-refractivity contribution in [1.29, 1.82) is 0 Å². The van der Waals surface area contributed by atoms with Gasteiger partial charge in [0.15, 0.2) is 0 Å². The molecule has 2 heterocycles. The Balaban J connectivity index is 1.50. The lowest BCUT2D eigenvalue weighted by atomic mass is 10.1. The minimum atomic E-state index is -0.792. The summed E-state index contributed by atoms with van der Waals surface area (Å²) in [6.07, 6.45) is 3.11. The van der Waals surface area contributed by atoms with Gasteiger partial charge in [-0.1, -0.05) is 41.4 Å². The number of aliphatic carboxylic acids is 1. The highest BCUT2D eigenvalue weighted by Gasteiger charge is 2.32. The molecule has 0 aliphatic carbocycles. The molecule has 2 aromatic carbocycles. The zero-order valence-corrected chi connectivity index (χ0v) is 19.3. The van der Waals surface area contributed by atoms with Crippen LogP contribution < -0.4 is 15.1 Å². The molecule has 0 bridgehead atoms. The summed E-state index contributed by atoms with van der Waals surface area (Å²) < 4.78 is 0. The molecule has 170 valence electrons. The Labute approximate surface area is 200 Å². The van der Waals surface area contributed by atoms with E-state index >= 15 is 0 Å². The van der Waals surface area contributed by atoms with E-state index in [1.165, 1.54) is 9.80 Å². The number of aromatic nitrogens is 2. The molecule has 2 N–H and O–H groups in total. The van der Waals surface area contributed by atoms with E-state index in [-0.39, 0.29) is 19.0 Å². The second-order valence-electron chi connectivity index (χ2n) is 7.61. The Morgan fingerprint density at radius 3 is 2.52 bits per heavy atom. The highest BCUT2D eigenvalue weighted by molar-refractivity contribution is 6.40. The van der Waals surface area contributed by atoms with Crippen molar-refractivity contribution in [2.75, 3.05) is 22.2 Å². The fraction of sp³-hybridized carbons (Fsp3) is 0.217. The van der Waals surface area contributed by atoms with Gasteiger partial charge in [0.1, 0.15) is 5.82 Å². The average Bonchev–Trinajstić information content (AvgIpc) is 2.78. The van der Waals surface area contributed by atoms with E-state index in [1.807, 2.05) is 24.3 Å². The van der Waals surface area contributed by atoms with Gasteiger partial charge in [-0.15, -0.1) is 0 Å². The van der Waals surface area contributed by atoms with Crippen molar-refractivity contribution in [1.82, 2.24) is 9.97 Å². The molecular formula is C23H21Cl2N5O3. The number of hydrogen-bond acceptors (Lipinski definition) is 5. The number of rotatable bonds is 7. The van der Waals surface area contributed by atoms with Gasteiger partial charge in [-0.25, -0.2) is 9.78 Å². The van der Waals surface area contributed by atoms with Crippen molar-refractivity contribution >= 4 is 58.3 Å². The second-order valence-corrected chi connectivity index (χ2v) is 8.42. The molecule has 0 unspecified atom stereocenters. The number of hydrogen-bond donors (Lipinski definition) is 2. The molecule has 8 nitrogen and oxygen atoms in total. The first kappa shape index (κ1) is 22.8. The van der Waals surface area contributed by atoms with Gasteiger partial charge in [-0.05, 0) is 42.7 Å². The number of amides is 2. The molecule has 33 heavy (non-hydrogen) atoms. The maximum Gasteiger partial charge on any atom is 0.330 e. The molecular weight excluding hydrogens is 465 g/mol. The molecule has 10 heteroatoms. The molecule has 4 rings (SSSR count). The standard InChI is InChI=1S/C23H21Cl2N5O3/c1-29-21-15(13-30(23(29)33)20-17(24)5-3-6-18(20)25)12-26-22(28-21)27-16-10-8-14(9-11-16)4-2-7-19(31)32/h3,5-6,8-12H,2,4,7,13H2,1H3,(H,31,32)(H,26,27,28). The van der Waals surface area contributed by atoms with Gasteiger partial charge in [0.05, 0.1) is 22.3 Å². The van der Waals surface area contributed by atoms with Crippen molar-refractivity contribution in [3.8, 4) is 0 Å². The Kier molecular flexibility index (Phi) is 6.67. The number of halogens is 2. The maximum atomic E-state index is 13.0. The molecule has 0 saturated carbocycles. The largest absolute Gasteiger partial charge is 0.481 e. The van der Waals surface area contributed by atoms with Crippen molar-refractivity contribution in [3.05, 3.63) is 69.8 Å². The number of anilines is 4. The SMILES string of the molecule is CN1C(=O)N(c2c(Cl)cccc2Cl)Cc2cnc(Nc3ccc(CCCC(=O)O)cc3)nc21. The van der Waals surface area contributed by atoms with Gasteiger partial charge < -0.3 is 10.4 Å². The molecule has 3 aromatic rings. The van der Waals surface area contributed by atoms with Crippen LogP contribution in [0.5, 0.6) is 0 Å². The molecule has 0 saturated heterocycles. The molecule has 0 fully saturated rings. The lowest BCUT2D eigenvalue weighted by molar-refractivity contribution is -0.137. The monoisotopic (exact) mass is 485 g/mol. The van der Waals surface area contributed by atoms with Crippen molar-refractivity contribution < 1.29 is 14.7 Å². The van der Waals surface area contributed by atoms with Crippen LogP contribution in [0.15, 0.2) is 48.7 Å². The lowest BCUT2D eigenvalue weighted by Gasteiger charge is -2.34. The number of nitrogens with one attached hydrogen (secondary N) is 1. The van der Waals surface area contributed by atoms with Crippen LogP contribution in [0.4, 0.5) is 27.9 Å². The first-order valence-electron chi connectivity index (χ1n) is 10.3. The number of benzene rings is 2. The van der Waals surface area contributed by atoms with E-state index in [9.17, 15) is 9.59 Å². The Bertz CT molecular complexity index is 1180. The van der Waals surface area contributed by atoms with Crippen LogP contribution in [0.25, 0.3) is 0 Å². The summed E-state index contributed by atoms with van der Waals surface area (Å²) in [4.78, 5) is 35.6. The van der Waals surface area contributed by atoms with Crippen LogP contribution in [0.2, 0.25) is 10.0 Å². The number of carboxylic acids is 1. The molecule has 1 aliphatic heterocycles. The van der Waals surface area contributed by atoms with Gasteiger partial charge in [-0.2, -0.15) is 4.98 Å². The van der Waals surface area contributed by atoms with Gasteiger partial charge in [0.2, 0.25) is 5.95 Å². The average molecular weight is 486 g/mol. The van der Waals surface area contributed by atoms with Crippen LogP contribution in [0.1, 0.15) is 24.0 Å². The third kappa shape index (κ3) is 5.02. The van der Waals surface area contributed by atoms with E-state index in [1.54, 1.807) is 31.4 Å². The van der Waals surface area contributed by atoms with Crippen molar-refractivity contribution in [3.63, 3.8) is 0 Å². The van der Waals surface area contributed by atoms with Crippen LogP contribution in [-0.2, 0) is 17.8 Å². The van der Waals surface area contributed by atoms with Crippen LogP contribution in [0.3, 0.4) is 0 Å². The number of aryl methyl sites for hydroxylation is 1. The Morgan fingerprint density at radius 1 is 1.15 bits per heavy atom. The molecule has 0 radical (unpaired) electrons. The van der Waals surface area contributed by atoms with E-state index in [0.717, 1.165) is 16.8 Å². The van der Waals surface area contributed by atoms with Gasteiger partial charge in [0, 0.05) is 30.9 Å². The number of carbonyl (C=O) groups is 2. The Morgan fingerprint density at radius 2 is 1.85 bits per heavy atom. The summed E-state index contributed by atoms with van der Waals surface area (Å²) in [5.41, 5.74) is 3.05. The zero-order chi connectivity index (χ0) is 23.5. The molecule has 2 amide bonds. The number of para-hydroxylation sites is 1.